The van der Waals surface area contributed by atoms with Crippen LogP contribution < -0.4 is 5.56 Å². The van der Waals surface area contributed by atoms with Crippen molar-refractivity contribution in [2.24, 2.45) is 0 Å². The lowest BCUT2D eigenvalue weighted by atomic mass is 9.85. The minimum absolute atomic E-state index is 0.0737. The molecule has 226 valence electrons. The highest BCUT2D eigenvalue weighted by molar-refractivity contribution is 6.19. The molecule has 0 bridgehead atoms. The van der Waals surface area contributed by atoms with Gasteiger partial charge in [-0.25, -0.2) is 9.78 Å². The van der Waals surface area contributed by atoms with Crippen LogP contribution in [0, 0.1) is 0 Å². The summed E-state index contributed by atoms with van der Waals surface area (Å²) in [6.45, 7) is 5.76. The first-order valence-corrected chi connectivity index (χ1v) is 14.5. The minimum Gasteiger partial charge on any atom is -0.493 e. The van der Waals surface area contributed by atoms with Crippen LogP contribution in [0.25, 0.3) is 22.3 Å². The first-order valence-electron chi connectivity index (χ1n) is 14.5. The van der Waals surface area contributed by atoms with E-state index < -0.39 is 11.6 Å². The summed E-state index contributed by atoms with van der Waals surface area (Å²) in [4.78, 5) is 53.7. The van der Waals surface area contributed by atoms with Gasteiger partial charge in [-0.3, -0.25) is 14.4 Å². The van der Waals surface area contributed by atoms with E-state index in [4.69, 9.17) is 14.5 Å². The first kappa shape index (κ1) is 29.7. The number of hydrogen-bond donors (Lipinski definition) is 1. The number of fused-ring (bicyclic) bond motifs is 5. The van der Waals surface area contributed by atoms with Gasteiger partial charge in [-0.2, -0.15) is 0 Å². The van der Waals surface area contributed by atoms with Crippen LogP contribution in [0.4, 0.5) is 0 Å². The van der Waals surface area contributed by atoms with Gasteiger partial charge in [0.25, 0.3) is 5.56 Å². The number of aliphatic hydroxyl groups is 1. The van der Waals surface area contributed by atoms with Gasteiger partial charge in [0.05, 0.1) is 36.1 Å². The summed E-state index contributed by atoms with van der Waals surface area (Å²) < 4.78 is 11.6. The lowest BCUT2D eigenvalue weighted by Gasteiger charge is -2.31. The second kappa shape index (κ2) is 11.6. The van der Waals surface area contributed by atoms with E-state index in [0.717, 1.165) is 27.7 Å². The number of rotatable bonds is 5. The second-order valence-electron chi connectivity index (χ2n) is 11.0. The smallest absolute Gasteiger partial charge is 0.343 e. The van der Waals surface area contributed by atoms with Crippen LogP contribution in [0.3, 0.4) is 0 Å². The van der Waals surface area contributed by atoms with Gasteiger partial charge in [-0.15, -0.1) is 6.58 Å². The maximum absolute atomic E-state index is 13.0. The SMILES string of the molecule is C=CC(C1=CC(=O)C(OC)=CC1=O)c1ccccc1.CCC1(O)C(=O)OCc2c1cc1n(c2=O)Cc2cc3ccccc3nc2-1. The third kappa shape index (κ3) is 5.01. The molecule has 2 atom stereocenters. The van der Waals surface area contributed by atoms with E-state index in [2.05, 4.69) is 6.58 Å². The number of hydrogen-bond acceptors (Lipinski definition) is 8. The molecule has 4 heterocycles. The van der Waals surface area contributed by atoms with Crippen molar-refractivity contribution in [1.82, 2.24) is 9.55 Å². The first-order chi connectivity index (χ1) is 21.7. The van der Waals surface area contributed by atoms with Crippen LogP contribution in [0.15, 0.2) is 108 Å². The third-order valence-corrected chi connectivity index (χ3v) is 8.44. The summed E-state index contributed by atoms with van der Waals surface area (Å²) in [5.74, 6) is -1.43. The largest absolute Gasteiger partial charge is 0.493 e. The van der Waals surface area contributed by atoms with Gasteiger partial charge in [0, 0.05) is 34.1 Å². The fraction of sp³-hybridized carbons (Fsp3) is 0.194. The van der Waals surface area contributed by atoms with Gasteiger partial charge >= 0.3 is 5.97 Å². The van der Waals surface area contributed by atoms with Crippen LogP contribution in [-0.4, -0.2) is 39.3 Å². The highest BCUT2D eigenvalue weighted by atomic mass is 16.6. The van der Waals surface area contributed by atoms with Crippen molar-refractivity contribution in [2.45, 2.75) is 38.0 Å². The van der Waals surface area contributed by atoms with E-state index >= 15 is 0 Å². The van der Waals surface area contributed by atoms with Crippen molar-refractivity contribution in [3.8, 4) is 11.4 Å². The van der Waals surface area contributed by atoms with Crippen LogP contribution >= 0.6 is 0 Å². The molecule has 2 aromatic heterocycles. The molecule has 3 aliphatic rings. The van der Waals surface area contributed by atoms with Gasteiger partial charge in [-0.05, 0) is 36.3 Å². The summed E-state index contributed by atoms with van der Waals surface area (Å²) in [5, 5.41) is 11.8. The number of methoxy groups -OCH3 is 1. The fourth-order valence-corrected chi connectivity index (χ4v) is 5.99. The maximum atomic E-state index is 13.0. The van der Waals surface area contributed by atoms with Crippen LogP contribution in [0.2, 0.25) is 0 Å². The Hall–Kier alpha value is -5.41. The molecule has 0 fully saturated rings. The van der Waals surface area contributed by atoms with Gasteiger partial charge in [0.15, 0.2) is 17.1 Å². The molecule has 1 aliphatic carbocycles. The van der Waals surface area contributed by atoms with Crippen molar-refractivity contribution in [3.05, 3.63) is 135 Å². The van der Waals surface area contributed by atoms with E-state index in [9.17, 15) is 24.3 Å². The fourth-order valence-electron chi connectivity index (χ4n) is 5.99. The number of allylic oxidation sites excluding steroid dienone is 4. The Morgan fingerprint density at radius 2 is 1.78 bits per heavy atom. The Bertz CT molecular complexity index is 2020. The van der Waals surface area contributed by atoms with Crippen LogP contribution in [0.1, 0.15) is 41.5 Å². The number of carbonyl (C=O) groups is 3. The Labute approximate surface area is 258 Å². The topological polar surface area (TPSA) is 125 Å². The van der Waals surface area contributed by atoms with Crippen molar-refractivity contribution in [2.75, 3.05) is 7.11 Å². The highest BCUT2D eigenvalue weighted by Gasteiger charge is 2.45. The highest BCUT2D eigenvalue weighted by Crippen LogP contribution is 2.38. The molecule has 0 saturated heterocycles. The molecule has 1 N–H and O–H groups in total. The zero-order valence-electron chi connectivity index (χ0n) is 24.8. The number of ether oxygens (including phenoxy) is 2. The molecule has 45 heavy (non-hydrogen) atoms. The summed E-state index contributed by atoms with van der Waals surface area (Å²) in [6, 6.07) is 21.0. The van der Waals surface area contributed by atoms with Gasteiger partial charge in [0.1, 0.15) is 6.61 Å². The van der Waals surface area contributed by atoms with Gasteiger partial charge in [-0.1, -0.05) is 61.5 Å². The lowest BCUT2D eigenvalue weighted by Crippen LogP contribution is -2.44. The van der Waals surface area contributed by atoms with Gasteiger partial charge < -0.3 is 19.1 Å². The standard InChI is InChI=1S/C20H16N2O4.C16H14O3/c1-2-20(25)14-8-16-17-12(7-11-5-3-4-6-15(11)21-17)9-22(16)18(23)13(14)10-26-19(20)24;1-3-12(11-7-5-4-6-8-11)13-9-15(18)16(19-2)10-14(13)17/h3-8,25H,2,9-10H2,1H3;3-10,12H,1H2,2H3. The molecule has 0 amide bonds. The molecule has 7 rings (SSSR count). The molecule has 2 aliphatic heterocycles. The Balaban J connectivity index is 0.000000168. The number of carbonyl (C=O) groups excluding carboxylic acids is 3. The Kier molecular flexibility index (Phi) is 7.64. The van der Waals surface area contributed by atoms with Crippen LogP contribution in [-0.2, 0) is 42.6 Å². The number of esters is 1. The van der Waals surface area contributed by atoms with Crippen molar-refractivity contribution in [3.63, 3.8) is 0 Å². The molecule has 4 aromatic rings. The Morgan fingerprint density at radius 3 is 2.49 bits per heavy atom. The van der Waals surface area contributed by atoms with E-state index in [0.29, 0.717) is 28.9 Å². The summed E-state index contributed by atoms with van der Waals surface area (Å²) in [5.41, 5.74) is 3.17. The normalized spacial score (nSPS) is 18.8. The number of ketones is 2. The van der Waals surface area contributed by atoms with E-state index in [1.807, 2.05) is 60.7 Å². The average Bonchev–Trinajstić information content (AvgIpc) is 3.42. The quantitative estimate of drug-likeness (QED) is 0.175. The predicted octanol–water partition coefficient (Wildman–Crippen LogP) is 4.64. The molecule has 9 heteroatoms. The molecule has 0 radical (unpaired) electrons. The number of cyclic esters (lactones) is 1. The van der Waals surface area contributed by atoms with Crippen molar-refractivity contribution < 1.29 is 29.0 Å². The van der Waals surface area contributed by atoms with E-state index in [1.165, 1.54) is 19.3 Å². The number of pyridine rings is 2. The zero-order valence-corrected chi connectivity index (χ0v) is 24.8. The molecule has 9 nitrogen and oxygen atoms in total. The summed E-state index contributed by atoms with van der Waals surface area (Å²) >= 11 is 0. The maximum Gasteiger partial charge on any atom is 0.343 e. The number of aromatic nitrogens is 2. The number of benzene rings is 2. The molecule has 0 saturated carbocycles. The van der Waals surface area contributed by atoms with Gasteiger partial charge in [0.2, 0.25) is 5.78 Å². The number of nitrogens with zero attached hydrogens (tertiary/aromatic N) is 2. The molecule has 2 aromatic carbocycles. The monoisotopic (exact) mass is 602 g/mol. The molecule has 2 unspecified atom stereocenters. The lowest BCUT2D eigenvalue weighted by molar-refractivity contribution is -0.172. The average molecular weight is 603 g/mol. The molecular weight excluding hydrogens is 572 g/mol. The van der Waals surface area contributed by atoms with E-state index in [1.54, 1.807) is 23.6 Å². The van der Waals surface area contributed by atoms with Crippen molar-refractivity contribution in [1.29, 1.82) is 0 Å². The zero-order chi connectivity index (χ0) is 31.9. The van der Waals surface area contributed by atoms with Crippen LogP contribution in [0.5, 0.6) is 0 Å². The predicted molar refractivity (Wildman–Crippen MR) is 167 cm³/mol. The molecular formula is C36H30N2O7. The number of para-hydroxylation sites is 1. The van der Waals surface area contributed by atoms with E-state index in [-0.39, 0.29) is 41.8 Å². The third-order valence-electron chi connectivity index (χ3n) is 8.44. The summed E-state index contributed by atoms with van der Waals surface area (Å²) in [7, 11) is 1.37. The Morgan fingerprint density at radius 1 is 1.04 bits per heavy atom. The molecule has 0 spiro atoms. The minimum atomic E-state index is -1.79. The van der Waals surface area contributed by atoms with Crippen molar-refractivity contribution >= 4 is 28.4 Å². The summed E-state index contributed by atoms with van der Waals surface area (Å²) in [6.07, 6.45) is 4.37. The second-order valence-corrected chi connectivity index (χ2v) is 11.0.